The van der Waals surface area contributed by atoms with Gasteiger partial charge in [0.25, 0.3) is 0 Å². The summed E-state index contributed by atoms with van der Waals surface area (Å²) in [5.74, 6) is -1.12. The van der Waals surface area contributed by atoms with E-state index < -0.39 is 29.2 Å². The van der Waals surface area contributed by atoms with E-state index in [0.717, 1.165) is 0 Å². The summed E-state index contributed by atoms with van der Waals surface area (Å²) in [6.07, 6.45) is -0.893. The first-order valence-corrected chi connectivity index (χ1v) is 6.25. The zero-order chi connectivity index (χ0) is 13.8. The van der Waals surface area contributed by atoms with Crippen LogP contribution in [-0.4, -0.2) is 40.9 Å². The number of carbonyl (C=O) groups is 1. The molecule has 0 radical (unpaired) electrons. The minimum absolute atomic E-state index is 0.560. The number of nitrogens with zero attached hydrogens (tertiary/aromatic N) is 1. The molecule has 0 saturated carbocycles. The normalized spacial score (nSPS) is 36.8. The highest BCUT2D eigenvalue weighted by molar-refractivity contribution is 6.23. The predicted molar refractivity (Wildman–Crippen MR) is 67.8 cm³/mol. The highest BCUT2D eigenvalue weighted by Gasteiger charge is 2.61. The molecule has 0 spiro atoms. The van der Waals surface area contributed by atoms with Crippen molar-refractivity contribution in [3.63, 3.8) is 0 Å². The monoisotopic (exact) mass is 284 g/mol. The third-order valence-electron chi connectivity index (χ3n) is 3.65. The van der Waals surface area contributed by atoms with Gasteiger partial charge in [0.05, 0.1) is 11.1 Å². The number of rotatable bonds is 1. The summed E-state index contributed by atoms with van der Waals surface area (Å²) in [6.45, 7) is 0. The summed E-state index contributed by atoms with van der Waals surface area (Å²) >= 11 is 6.17. The Balaban J connectivity index is 2.13. The first-order chi connectivity index (χ1) is 8.96. The fourth-order valence-corrected chi connectivity index (χ4v) is 3.08. The molecule has 0 aliphatic carbocycles. The number of para-hydroxylation sites is 1. The van der Waals surface area contributed by atoms with Crippen LogP contribution in [0.25, 0.3) is 0 Å². The Morgan fingerprint density at radius 2 is 2.21 bits per heavy atom. The van der Waals surface area contributed by atoms with Gasteiger partial charge >= 0.3 is 5.97 Å². The van der Waals surface area contributed by atoms with Gasteiger partial charge in [-0.3, -0.25) is 20.0 Å². The van der Waals surface area contributed by atoms with Gasteiger partial charge in [0.1, 0.15) is 6.04 Å². The Hall–Kier alpha value is -1.34. The van der Waals surface area contributed by atoms with Gasteiger partial charge in [0, 0.05) is 12.6 Å². The van der Waals surface area contributed by atoms with E-state index >= 15 is 0 Å². The maximum Gasteiger partial charge on any atom is 0.322 e. The van der Waals surface area contributed by atoms with Crippen LogP contribution in [0.15, 0.2) is 24.3 Å². The fourth-order valence-electron chi connectivity index (χ4n) is 2.67. The molecule has 1 fully saturated rings. The van der Waals surface area contributed by atoms with Gasteiger partial charge < -0.3 is 10.2 Å². The lowest BCUT2D eigenvalue weighted by Gasteiger charge is -2.41. The molecule has 2 heterocycles. The van der Waals surface area contributed by atoms with E-state index in [1.807, 2.05) is 6.07 Å². The summed E-state index contributed by atoms with van der Waals surface area (Å²) in [5, 5.41) is 23.2. The SMILES string of the molecule is CN1O[C@H]2N[C@@H](C(=O)O)C(Cl)[C@@]2(O)c2ccccc21. The molecule has 0 aromatic heterocycles. The second-order valence-electron chi connectivity index (χ2n) is 4.71. The van der Waals surface area contributed by atoms with E-state index in [0.29, 0.717) is 11.3 Å². The summed E-state index contributed by atoms with van der Waals surface area (Å²) < 4.78 is 0. The van der Waals surface area contributed by atoms with Crippen LogP contribution < -0.4 is 10.4 Å². The standard InChI is InChI=1S/C12H13ClN2O4/c1-15-7-5-3-2-4-6(7)12(18)9(13)8(10(16)17)14-11(12)19-15/h2-5,8-9,11,14,18H,1H3,(H,16,17)/t8-,9?,11-,12+/m1/s1. The number of hydrogen-bond acceptors (Lipinski definition) is 5. The summed E-state index contributed by atoms with van der Waals surface area (Å²) in [5.41, 5.74) is -0.349. The van der Waals surface area contributed by atoms with Crippen LogP contribution in [0.1, 0.15) is 5.56 Å². The largest absolute Gasteiger partial charge is 0.480 e. The Labute approximate surface area is 114 Å². The van der Waals surface area contributed by atoms with Gasteiger partial charge in [-0.1, -0.05) is 18.2 Å². The van der Waals surface area contributed by atoms with Crippen molar-refractivity contribution in [2.75, 3.05) is 12.1 Å². The minimum atomic E-state index is -1.58. The van der Waals surface area contributed by atoms with Crippen LogP contribution in [0.4, 0.5) is 5.69 Å². The van der Waals surface area contributed by atoms with Crippen molar-refractivity contribution in [3.05, 3.63) is 29.8 Å². The Bertz CT molecular complexity index is 540. The maximum absolute atomic E-state index is 11.2. The van der Waals surface area contributed by atoms with E-state index in [4.69, 9.17) is 21.5 Å². The van der Waals surface area contributed by atoms with Crippen molar-refractivity contribution in [3.8, 4) is 0 Å². The summed E-state index contributed by atoms with van der Waals surface area (Å²) in [4.78, 5) is 16.7. The average Bonchev–Trinajstić information content (AvgIpc) is 2.65. The molecule has 4 atom stereocenters. The van der Waals surface area contributed by atoms with Crippen LogP contribution in [0.3, 0.4) is 0 Å². The number of fused-ring (bicyclic) bond motifs is 3. The Kier molecular flexibility index (Phi) is 2.72. The van der Waals surface area contributed by atoms with Crippen LogP contribution >= 0.6 is 11.6 Å². The van der Waals surface area contributed by atoms with Crippen LogP contribution in [0.5, 0.6) is 0 Å². The molecule has 0 amide bonds. The van der Waals surface area contributed by atoms with Crippen molar-refractivity contribution < 1.29 is 19.8 Å². The molecular formula is C12H13ClN2O4. The number of aliphatic hydroxyl groups is 1. The molecule has 1 saturated heterocycles. The zero-order valence-corrected chi connectivity index (χ0v) is 10.8. The molecule has 6 nitrogen and oxygen atoms in total. The van der Waals surface area contributed by atoms with Gasteiger partial charge in [-0.15, -0.1) is 11.6 Å². The number of hydrogen-bond donors (Lipinski definition) is 3. The van der Waals surface area contributed by atoms with E-state index in [-0.39, 0.29) is 0 Å². The Morgan fingerprint density at radius 3 is 2.89 bits per heavy atom. The lowest BCUT2D eigenvalue weighted by molar-refractivity contribution is -0.139. The third kappa shape index (κ3) is 1.58. The van der Waals surface area contributed by atoms with E-state index in [1.165, 1.54) is 5.06 Å². The molecule has 19 heavy (non-hydrogen) atoms. The molecule has 3 rings (SSSR count). The number of alkyl halides is 1. The van der Waals surface area contributed by atoms with Gasteiger partial charge in [-0.2, -0.15) is 0 Å². The molecule has 2 aliphatic heterocycles. The number of carboxylic acids is 1. The molecule has 7 heteroatoms. The zero-order valence-electron chi connectivity index (χ0n) is 10.1. The fraction of sp³-hybridized carbons (Fsp3) is 0.417. The van der Waals surface area contributed by atoms with Crippen molar-refractivity contribution in [1.82, 2.24) is 5.32 Å². The van der Waals surface area contributed by atoms with Gasteiger partial charge in [0.2, 0.25) is 0 Å². The van der Waals surface area contributed by atoms with Crippen LogP contribution in [0, 0.1) is 0 Å². The number of halogens is 1. The van der Waals surface area contributed by atoms with Gasteiger partial charge in [-0.25, -0.2) is 0 Å². The minimum Gasteiger partial charge on any atom is -0.480 e. The van der Waals surface area contributed by atoms with E-state index in [2.05, 4.69) is 5.32 Å². The van der Waals surface area contributed by atoms with E-state index in [1.54, 1.807) is 25.2 Å². The molecule has 2 aliphatic rings. The number of anilines is 1. The summed E-state index contributed by atoms with van der Waals surface area (Å²) in [7, 11) is 1.69. The first kappa shape index (κ1) is 12.7. The lowest BCUT2D eigenvalue weighted by atomic mass is 9.87. The van der Waals surface area contributed by atoms with Crippen molar-refractivity contribution in [2.24, 2.45) is 0 Å². The number of benzene rings is 1. The molecule has 0 bridgehead atoms. The Morgan fingerprint density at radius 1 is 1.53 bits per heavy atom. The lowest BCUT2D eigenvalue weighted by Crippen LogP contribution is -2.52. The highest BCUT2D eigenvalue weighted by Crippen LogP contribution is 2.46. The third-order valence-corrected chi connectivity index (χ3v) is 4.23. The molecule has 102 valence electrons. The molecule has 3 N–H and O–H groups in total. The molecule has 1 unspecified atom stereocenters. The summed E-state index contributed by atoms with van der Waals surface area (Å²) in [6, 6.07) is 6.01. The number of carboxylic acid groups (broad SMARTS) is 1. The van der Waals surface area contributed by atoms with Gasteiger partial charge in [0.15, 0.2) is 11.8 Å². The van der Waals surface area contributed by atoms with Crippen LogP contribution in [0.2, 0.25) is 0 Å². The number of nitrogens with one attached hydrogen (secondary N) is 1. The van der Waals surface area contributed by atoms with Gasteiger partial charge in [-0.05, 0) is 6.07 Å². The second kappa shape index (κ2) is 4.08. The van der Waals surface area contributed by atoms with Crippen LogP contribution in [-0.2, 0) is 15.2 Å². The molecule has 1 aromatic rings. The maximum atomic E-state index is 11.2. The molecular weight excluding hydrogens is 272 g/mol. The number of aliphatic carboxylic acids is 1. The number of hydroxylamine groups is 1. The smallest absolute Gasteiger partial charge is 0.322 e. The quantitative estimate of drug-likeness (QED) is 0.641. The highest BCUT2D eigenvalue weighted by atomic mass is 35.5. The van der Waals surface area contributed by atoms with Crippen molar-refractivity contribution in [2.45, 2.75) is 23.2 Å². The topological polar surface area (TPSA) is 82.0 Å². The average molecular weight is 285 g/mol. The molecule has 1 aromatic carbocycles. The second-order valence-corrected chi connectivity index (χ2v) is 5.18. The van der Waals surface area contributed by atoms with Crippen molar-refractivity contribution >= 4 is 23.3 Å². The van der Waals surface area contributed by atoms with Crippen molar-refractivity contribution in [1.29, 1.82) is 0 Å². The first-order valence-electron chi connectivity index (χ1n) is 5.81. The predicted octanol–water partition coefficient (Wildman–Crippen LogP) is 0.246. The van der Waals surface area contributed by atoms with E-state index in [9.17, 15) is 9.90 Å².